The molecule has 0 aromatic rings. The summed E-state index contributed by atoms with van der Waals surface area (Å²) in [6, 6.07) is 0. The van der Waals surface area contributed by atoms with E-state index < -0.39 is 5.09 Å². The first-order valence-electron chi connectivity index (χ1n) is 0.548. The number of rotatable bonds is 0. The molecule has 7 heteroatoms. The first-order valence-corrected chi connectivity index (χ1v) is 0.548. The molecule has 0 fully saturated rings. The van der Waals surface area contributed by atoms with Gasteiger partial charge in [-0.05, 0) is 0 Å². The second kappa shape index (κ2) is 15.7. The molecule has 4 radical (unpaired) electrons. The van der Waals surface area contributed by atoms with Gasteiger partial charge in [0.25, 0.3) is 0 Å². The molecule has 0 aliphatic carbocycles. The molecular weight excluding hydrogens is 603 g/mol. The van der Waals surface area contributed by atoms with Crippen molar-refractivity contribution in [2.75, 3.05) is 0 Å². The summed E-state index contributed by atoms with van der Waals surface area (Å²) in [5, 5.41) is 14.8. The summed E-state index contributed by atoms with van der Waals surface area (Å²) in [5.41, 5.74) is 0. The van der Waals surface area contributed by atoms with Gasteiger partial charge in [-0.25, -0.2) is 0 Å². The zero-order valence-corrected chi connectivity index (χ0v) is 16.8. The first-order chi connectivity index (χ1) is 1.73. The van der Waals surface area contributed by atoms with Gasteiger partial charge in [-0.2, -0.15) is 0 Å². The van der Waals surface area contributed by atoms with Crippen LogP contribution < -0.4 is 0 Å². The predicted octanol–water partition coefficient (Wildman–Crippen LogP) is -1.45. The van der Waals surface area contributed by atoms with E-state index in [0.717, 1.165) is 0 Å². The summed E-state index contributed by atoms with van der Waals surface area (Å²) in [6.07, 6.45) is 0. The van der Waals surface area contributed by atoms with Crippen molar-refractivity contribution < 1.29 is 5.09 Å². The SMILES string of the molecule is I.O=[N+]([O-])[O-].[PbH2].[PbH2]. The monoisotopic (exact) mass is 610 g/mol. The van der Waals surface area contributed by atoms with Crippen molar-refractivity contribution in [2.45, 2.75) is 0 Å². The van der Waals surface area contributed by atoms with Crippen molar-refractivity contribution >= 4 is 78.6 Å². The molecule has 0 rings (SSSR count). The summed E-state index contributed by atoms with van der Waals surface area (Å²) >= 11 is 0. The topological polar surface area (TPSA) is 66.2 Å². The predicted molar refractivity (Wildman–Crippen MR) is 42.9 cm³/mol. The summed E-state index contributed by atoms with van der Waals surface area (Å²) in [5.74, 6) is 0. The molecule has 0 aromatic carbocycles. The summed E-state index contributed by atoms with van der Waals surface area (Å²) in [4.78, 5) is 8.25. The summed E-state index contributed by atoms with van der Waals surface area (Å²) in [6.45, 7) is 0. The van der Waals surface area contributed by atoms with Gasteiger partial charge in [0, 0.05) is 0 Å². The standard InChI is InChI=1S/HI.NO3.2Pb.4H/c;2-1(3)4;;;;;;/h1H;;;;;;;/q;-1;;;;;;. The van der Waals surface area contributed by atoms with Crippen molar-refractivity contribution in [3.8, 4) is 0 Å². The molecule has 0 atom stereocenters. The molecule has 0 spiro atoms. The van der Waals surface area contributed by atoms with Crippen molar-refractivity contribution in [2.24, 2.45) is 0 Å². The second-order valence-electron chi connectivity index (χ2n) is 0.224. The van der Waals surface area contributed by atoms with Crippen LogP contribution in [0.1, 0.15) is 0 Å². The van der Waals surface area contributed by atoms with Crippen molar-refractivity contribution in [1.82, 2.24) is 0 Å². The molecule has 0 heterocycles. The van der Waals surface area contributed by atoms with Crippen LogP contribution >= 0.6 is 24.0 Å². The van der Waals surface area contributed by atoms with Crippen LogP contribution in [0.15, 0.2) is 0 Å². The van der Waals surface area contributed by atoms with E-state index in [0.29, 0.717) is 0 Å². The fourth-order valence-corrected chi connectivity index (χ4v) is 0. The zero-order chi connectivity index (χ0) is 3.58. The third-order valence-corrected chi connectivity index (χ3v) is 0. The molecule has 0 aliphatic rings. The van der Waals surface area contributed by atoms with Crippen LogP contribution in [0.4, 0.5) is 0 Å². The Morgan fingerprint density at radius 1 is 1.14 bits per heavy atom. The Labute approximate surface area is 97.5 Å². The van der Waals surface area contributed by atoms with E-state index >= 15 is 0 Å². The molecule has 0 aromatic heterocycles. The fraction of sp³-hybridized carbons (Fsp3) is 0. The van der Waals surface area contributed by atoms with Gasteiger partial charge in [0.15, 0.2) is 0 Å². The third-order valence-electron chi connectivity index (χ3n) is 0. The van der Waals surface area contributed by atoms with E-state index in [1.807, 2.05) is 0 Å². The van der Waals surface area contributed by atoms with Crippen LogP contribution in [0.5, 0.6) is 0 Å². The molecule has 0 saturated heterocycles. The number of hydrogen-bond acceptors (Lipinski definition) is 3. The van der Waals surface area contributed by atoms with Crippen LogP contribution in [-0.4, -0.2) is 59.7 Å². The maximum atomic E-state index is 8.25. The molecule has 0 unspecified atom stereocenters. The number of nitrogens with zero attached hydrogens (tertiary/aromatic N) is 1. The molecule has 0 bridgehead atoms. The molecule has 0 aliphatic heterocycles. The minimum atomic E-state index is -1.75. The molecule has 7 heavy (non-hydrogen) atoms. The van der Waals surface area contributed by atoms with Gasteiger partial charge in [-0.1, -0.05) is 0 Å². The number of halogens is 1. The average Bonchev–Trinajstić information content (AvgIpc) is 0.811. The average molecular weight is 608 g/mol. The first kappa shape index (κ1) is 23.3. The summed E-state index contributed by atoms with van der Waals surface area (Å²) in [7, 11) is 0. The van der Waals surface area contributed by atoms with E-state index in [1.165, 1.54) is 0 Å². The molecule has 44 valence electrons. The molecule has 0 amide bonds. The normalized spacial score (nSPS) is 3.43. The van der Waals surface area contributed by atoms with Crippen LogP contribution in [0.2, 0.25) is 0 Å². The van der Waals surface area contributed by atoms with Crippen LogP contribution in [-0.2, 0) is 0 Å². The van der Waals surface area contributed by atoms with Gasteiger partial charge in [0.1, 0.15) is 0 Å². The van der Waals surface area contributed by atoms with Crippen LogP contribution in [0.3, 0.4) is 0 Å². The van der Waals surface area contributed by atoms with Gasteiger partial charge in [-0.15, -0.1) is 24.0 Å². The molecule has 4 nitrogen and oxygen atoms in total. The van der Waals surface area contributed by atoms with E-state index in [2.05, 4.69) is 0 Å². The van der Waals surface area contributed by atoms with Crippen molar-refractivity contribution in [3.63, 3.8) is 0 Å². The van der Waals surface area contributed by atoms with Crippen LogP contribution in [0.25, 0.3) is 0 Å². The Bertz CT molecular complexity index is 35.9. The molecule has 0 N–H and O–H groups in total. The quantitative estimate of drug-likeness (QED) is 0.146. The fourth-order valence-electron chi connectivity index (χ4n) is 0. The maximum absolute atomic E-state index is 8.25. The zero-order valence-electron chi connectivity index (χ0n) is 3.49. The van der Waals surface area contributed by atoms with Gasteiger partial charge in [0.05, 0.1) is 5.09 Å². The van der Waals surface area contributed by atoms with Gasteiger partial charge < -0.3 is 15.3 Å². The minimum absolute atomic E-state index is 0. The second-order valence-corrected chi connectivity index (χ2v) is 0.224. The Hall–Kier alpha value is 1.77. The van der Waals surface area contributed by atoms with Gasteiger partial charge in [0.2, 0.25) is 0 Å². The molecule has 0 saturated carbocycles. The van der Waals surface area contributed by atoms with Gasteiger partial charge in [-0.3, -0.25) is 0 Å². The number of hydrogen-bond donors (Lipinski definition) is 0. The van der Waals surface area contributed by atoms with Gasteiger partial charge >= 0.3 is 54.6 Å². The summed E-state index contributed by atoms with van der Waals surface area (Å²) < 4.78 is 0. The Kier molecular flexibility index (Phi) is 52.0. The van der Waals surface area contributed by atoms with Crippen molar-refractivity contribution in [3.05, 3.63) is 15.3 Å². The Morgan fingerprint density at radius 3 is 1.14 bits per heavy atom. The van der Waals surface area contributed by atoms with Crippen LogP contribution in [0, 0.1) is 15.3 Å². The third kappa shape index (κ3) is 82.3. The Morgan fingerprint density at radius 2 is 1.14 bits per heavy atom. The molecular formula is H5INO3Pb2-. The van der Waals surface area contributed by atoms with E-state index in [1.54, 1.807) is 0 Å². The van der Waals surface area contributed by atoms with Crippen molar-refractivity contribution in [1.29, 1.82) is 0 Å². The van der Waals surface area contributed by atoms with E-state index in [9.17, 15) is 0 Å². The Balaban J connectivity index is -0.0000000150. The van der Waals surface area contributed by atoms with E-state index in [-0.39, 0.29) is 78.6 Å². The van der Waals surface area contributed by atoms with E-state index in [4.69, 9.17) is 15.3 Å².